The van der Waals surface area contributed by atoms with E-state index >= 15 is 0 Å². The molecule has 0 bridgehead atoms. The second-order valence-corrected chi connectivity index (χ2v) is 12.6. The van der Waals surface area contributed by atoms with Crippen molar-refractivity contribution in [3.05, 3.63) is 65.7 Å². The zero-order valence-electron chi connectivity index (χ0n) is 19.4. The number of hydrogen-bond donors (Lipinski definition) is 2. The van der Waals surface area contributed by atoms with Gasteiger partial charge in [-0.25, -0.2) is 0 Å². The van der Waals surface area contributed by atoms with Gasteiger partial charge in [-0.1, -0.05) is 77.9 Å². The molecule has 0 spiro atoms. The molecule has 5 aromatic rings. The molecule has 3 nitrogen and oxygen atoms in total. The standard InChI is InChI=1S/C28H29O3P/c1-27(2,3)17-12-16-13-18(28(4,5)6)15-23-20-10-11-24(32(29,30)31)21-9-7-8-19(26(20)21)22(14-17)25(16)23/h7-15H,1-6H3,(H2,29,30,31). The maximum Gasteiger partial charge on any atom is 0.356 e. The van der Waals surface area contributed by atoms with Crippen molar-refractivity contribution in [3.8, 4) is 0 Å². The van der Waals surface area contributed by atoms with E-state index in [1.54, 1.807) is 6.07 Å². The fourth-order valence-corrected chi connectivity index (χ4v) is 5.67. The molecule has 0 radical (unpaired) electrons. The summed E-state index contributed by atoms with van der Waals surface area (Å²) >= 11 is 0. The molecule has 0 aromatic heterocycles. The molecule has 5 rings (SSSR count). The first-order valence-corrected chi connectivity index (χ1v) is 12.6. The maximum absolute atomic E-state index is 12.3. The van der Waals surface area contributed by atoms with Gasteiger partial charge in [0, 0.05) is 0 Å². The Morgan fingerprint density at radius 1 is 0.625 bits per heavy atom. The van der Waals surface area contributed by atoms with E-state index in [4.69, 9.17) is 0 Å². The van der Waals surface area contributed by atoms with Gasteiger partial charge >= 0.3 is 7.60 Å². The molecule has 0 amide bonds. The van der Waals surface area contributed by atoms with Gasteiger partial charge in [0.25, 0.3) is 0 Å². The number of fused-ring (bicyclic) bond motifs is 2. The fraction of sp³-hybridized carbons (Fsp3) is 0.286. The SMILES string of the molecule is CC(C)(C)c1cc2cc(C(C)(C)C)cc3c4ccc(P(=O)(O)O)c5cccc(c(c1)c23)c54. The number of hydrogen-bond acceptors (Lipinski definition) is 1. The van der Waals surface area contributed by atoms with Gasteiger partial charge in [0.1, 0.15) is 0 Å². The van der Waals surface area contributed by atoms with Gasteiger partial charge in [-0.05, 0) is 83.2 Å². The predicted octanol–water partition coefficient (Wildman–Crippen LogP) is 7.14. The van der Waals surface area contributed by atoms with Crippen LogP contribution in [0, 0.1) is 0 Å². The molecule has 0 saturated carbocycles. The van der Waals surface area contributed by atoms with Crippen LogP contribution in [0.5, 0.6) is 0 Å². The molecule has 0 saturated heterocycles. The summed E-state index contributed by atoms with van der Waals surface area (Å²) in [6, 6.07) is 18.5. The lowest BCUT2D eigenvalue weighted by Gasteiger charge is -2.25. The Kier molecular flexibility index (Phi) is 4.38. The largest absolute Gasteiger partial charge is 0.356 e. The third-order valence-corrected chi connectivity index (χ3v) is 7.71. The van der Waals surface area contributed by atoms with E-state index in [1.165, 1.54) is 21.9 Å². The average Bonchev–Trinajstić information content (AvgIpc) is 2.68. The van der Waals surface area contributed by atoms with E-state index in [9.17, 15) is 14.4 Å². The highest BCUT2D eigenvalue weighted by Gasteiger charge is 2.25. The zero-order chi connectivity index (χ0) is 23.2. The summed E-state index contributed by atoms with van der Waals surface area (Å²) in [5, 5.41) is 8.46. The second-order valence-electron chi connectivity index (χ2n) is 11.1. The predicted molar refractivity (Wildman–Crippen MR) is 137 cm³/mol. The van der Waals surface area contributed by atoms with Crippen molar-refractivity contribution in [2.45, 2.75) is 52.4 Å². The Balaban J connectivity index is 2.12. The summed E-state index contributed by atoms with van der Waals surface area (Å²) in [7, 11) is -4.40. The summed E-state index contributed by atoms with van der Waals surface area (Å²) in [6.07, 6.45) is 0. The average molecular weight is 445 g/mol. The molecular weight excluding hydrogens is 415 g/mol. The van der Waals surface area contributed by atoms with Crippen LogP contribution in [-0.4, -0.2) is 9.79 Å². The number of rotatable bonds is 1. The van der Waals surface area contributed by atoms with E-state index < -0.39 is 7.60 Å². The van der Waals surface area contributed by atoms with E-state index in [-0.39, 0.29) is 16.1 Å². The molecule has 4 heteroatoms. The monoisotopic (exact) mass is 444 g/mol. The van der Waals surface area contributed by atoms with Crippen LogP contribution in [0.1, 0.15) is 52.7 Å². The summed E-state index contributed by atoms with van der Waals surface area (Å²) < 4.78 is 12.3. The van der Waals surface area contributed by atoms with E-state index in [2.05, 4.69) is 71.9 Å². The molecule has 2 N–H and O–H groups in total. The fourth-order valence-electron chi connectivity index (χ4n) is 4.90. The minimum atomic E-state index is -4.40. The van der Waals surface area contributed by atoms with Crippen LogP contribution < -0.4 is 5.30 Å². The van der Waals surface area contributed by atoms with Crippen LogP contribution in [0.2, 0.25) is 0 Å². The lowest BCUT2D eigenvalue weighted by molar-refractivity contribution is 0.388. The van der Waals surface area contributed by atoms with Crippen LogP contribution in [0.15, 0.2) is 54.6 Å². The van der Waals surface area contributed by atoms with Gasteiger partial charge in [-0.15, -0.1) is 0 Å². The van der Waals surface area contributed by atoms with E-state index in [0.717, 1.165) is 26.9 Å². The third kappa shape index (κ3) is 3.15. The first-order valence-electron chi connectivity index (χ1n) is 11.0. The Bertz CT molecular complexity index is 1510. The summed E-state index contributed by atoms with van der Waals surface area (Å²) in [6.45, 7) is 13.3. The Morgan fingerprint density at radius 2 is 1.12 bits per heavy atom. The van der Waals surface area contributed by atoms with Gasteiger partial charge in [-0.2, -0.15) is 0 Å². The highest BCUT2D eigenvalue weighted by Crippen LogP contribution is 2.46. The maximum atomic E-state index is 12.3. The van der Waals surface area contributed by atoms with Crippen molar-refractivity contribution >= 4 is 56.0 Å². The normalized spacial score (nSPS) is 13.8. The quantitative estimate of drug-likeness (QED) is 0.164. The van der Waals surface area contributed by atoms with Crippen LogP contribution in [0.25, 0.3) is 43.1 Å². The van der Waals surface area contributed by atoms with Crippen molar-refractivity contribution in [1.29, 1.82) is 0 Å². The number of benzene rings is 5. The molecule has 5 aromatic carbocycles. The third-order valence-electron chi connectivity index (χ3n) is 6.69. The lowest BCUT2D eigenvalue weighted by atomic mass is 9.79. The lowest BCUT2D eigenvalue weighted by Crippen LogP contribution is -2.13. The Labute approximate surface area is 188 Å². The molecule has 0 aliphatic rings. The highest BCUT2D eigenvalue weighted by molar-refractivity contribution is 7.60. The first kappa shape index (κ1) is 21.4. The van der Waals surface area contributed by atoms with Crippen LogP contribution in [0.3, 0.4) is 0 Å². The molecule has 0 unspecified atom stereocenters. The first-order chi connectivity index (χ1) is 14.8. The minimum Gasteiger partial charge on any atom is -0.321 e. The Morgan fingerprint density at radius 3 is 1.62 bits per heavy atom. The van der Waals surface area contributed by atoms with Crippen molar-refractivity contribution in [3.63, 3.8) is 0 Å². The van der Waals surface area contributed by atoms with E-state index in [0.29, 0.717) is 5.39 Å². The summed E-state index contributed by atoms with van der Waals surface area (Å²) in [5.74, 6) is 0. The van der Waals surface area contributed by atoms with Gasteiger partial charge in [0.05, 0.1) is 5.30 Å². The van der Waals surface area contributed by atoms with Crippen LogP contribution in [-0.2, 0) is 15.4 Å². The Hall–Kier alpha value is -2.45. The molecule has 0 atom stereocenters. The van der Waals surface area contributed by atoms with Gasteiger partial charge < -0.3 is 9.79 Å². The van der Waals surface area contributed by atoms with Crippen molar-refractivity contribution in [1.82, 2.24) is 0 Å². The second kappa shape index (κ2) is 6.54. The van der Waals surface area contributed by atoms with Crippen molar-refractivity contribution in [2.24, 2.45) is 0 Å². The van der Waals surface area contributed by atoms with Crippen molar-refractivity contribution in [2.75, 3.05) is 0 Å². The molecule has 0 aliphatic carbocycles. The smallest absolute Gasteiger partial charge is 0.321 e. The topological polar surface area (TPSA) is 57.5 Å². The van der Waals surface area contributed by atoms with Gasteiger partial charge in [0.2, 0.25) is 0 Å². The molecular formula is C28H29O3P. The zero-order valence-corrected chi connectivity index (χ0v) is 20.3. The summed E-state index contributed by atoms with van der Waals surface area (Å²) in [5.41, 5.74) is 2.46. The van der Waals surface area contributed by atoms with Crippen molar-refractivity contribution < 1.29 is 14.4 Å². The van der Waals surface area contributed by atoms with Crippen LogP contribution in [0.4, 0.5) is 0 Å². The molecule has 0 heterocycles. The van der Waals surface area contributed by atoms with Crippen LogP contribution >= 0.6 is 7.60 Å². The summed E-state index contributed by atoms with van der Waals surface area (Å²) in [4.78, 5) is 20.0. The minimum absolute atomic E-state index is 0.0233. The molecule has 0 fully saturated rings. The molecule has 0 aliphatic heterocycles. The molecule has 32 heavy (non-hydrogen) atoms. The van der Waals surface area contributed by atoms with E-state index in [1.807, 2.05) is 18.2 Å². The highest BCUT2D eigenvalue weighted by atomic mass is 31.2. The van der Waals surface area contributed by atoms with Gasteiger partial charge in [0.15, 0.2) is 0 Å². The molecule has 164 valence electrons. The van der Waals surface area contributed by atoms with Gasteiger partial charge in [-0.3, -0.25) is 4.57 Å².